The first-order valence-corrected chi connectivity index (χ1v) is 6.20. The number of carbonyl (C=O) groups is 1. The molecule has 0 aliphatic carbocycles. The van der Waals surface area contributed by atoms with Crippen molar-refractivity contribution in [2.24, 2.45) is 0 Å². The molecule has 0 spiro atoms. The third kappa shape index (κ3) is 3.96. The fourth-order valence-corrected chi connectivity index (χ4v) is 1.54. The van der Waals surface area contributed by atoms with Crippen LogP contribution < -0.4 is 0 Å². The van der Waals surface area contributed by atoms with Gasteiger partial charge in [0.1, 0.15) is 0 Å². The standard InChI is InChI=1S/C12H10F9NO2/c13-9(14,10(15,16)11(17,18)12(19,20)21)2-4-24-8(23)5-7-1-3-22-6-7/h1,3,6,22H,2,4-5H2. The minimum atomic E-state index is -6.95. The van der Waals surface area contributed by atoms with E-state index in [0.717, 1.165) is 0 Å². The Bertz CT molecular complexity index is 551. The Kier molecular flexibility index (Phi) is 5.51. The molecule has 1 aromatic heterocycles. The summed E-state index contributed by atoms with van der Waals surface area (Å²) in [7, 11) is 0. The van der Waals surface area contributed by atoms with Crippen LogP contribution in [0, 0.1) is 0 Å². The second kappa shape index (κ2) is 6.55. The molecule has 0 atom stereocenters. The van der Waals surface area contributed by atoms with Crippen molar-refractivity contribution < 1.29 is 49.0 Å². The number of aromatic nitrogens is 1. The molecule has 0 fully saturated rings. The van der Waals surface area contributed by atoms with Gasteiger partial charge >= 0.3 is 29.9 Å². The first-order chi connectivity index (χ1) is 10.7. The van der Waals surface area contributed by atoms with Crippen molar-refractivity contribution in [3.05, 3.63) is 24.0 Å². The van der Waals surface area contributed by atoms with Crippen molar-refractivity contribution >= 4 is 5.97 Å². The van der Waals surface area contributed by atoms with Gasteiger partial charge in [0.15, 0.2) is 0 Å². The number of alkyl halides is 9. The molecule has 1 rings (SSSR count). The Labute approximate surface area is 128 Å². The summed E-state index contributed by atoms with van der Waals surface area (Å²) in [6.45, 7) is -1.46. The number of rotatable bonds is 7. The molecule has 0 aromatic carbocycles. The van der Waals surface area contributed by atoms with E-state index in [1.165, 1.54) is 18.5 Å². The molecule has 12 heteroatoms. The van der Waals surface area contributed by atoms with E-state index in [0.29, 0.717) is 5.56 Å². The van der Waals surface area contributed by atoms with Crippen molar-refractivity contribution in [2.75, 3.05) is 6.61 Å². The molecule has 1 N–H and O–H groups in total. The zero-order valence-corrected chi connectivity index (χ0v) is 11.6. The lowest BCUT2D eigenvalue weighted by Gasteiger charge is -2.33. The van der Waals surface area contributed by atoms with E-state index in [1.54, 1.807) is 0 Å². The molecule has 0 radical (unpaired) electrons. The number of esters is 1. The van der Waals surface area contributed by atoms with E-state index >= 15 is 0 Å². The molecule has 0 bridgehead atoms. The monoisotopic (exact) mass is 371 g/mol. The minimum Gasteiger partial charge on any atom is -0.465 e. The van der Waals surface area contributed by atoms with Crippen LogP contribution in [0.1, 0.15) is 12.0 Å². The number of aromatic amines is 1. The summed E-state index contributed by atoms with van der Waals surface area (Å²) in [5.74, 6) is -20.5. The lowest BCUT2D eigenvalue weighted by atomic mass is 10.0. The van der Waals surface area contributed by atoms with Gasteiger partial charge in [-0.2, -0.15) is 39.5 Å². The quantitative estimate of drug-likeness (QED) is 0.583. The van der Waals surface area contributed by atoms with Crippen LogP contribution in [0.5, 0.6) is 0 Å². The normalized spacial score (nSPS) is 13.9. The van der Waals surface area contributed by atoms with Gasteiger partial charge in [-0.3, -0.25) is 4.79 Å². The molecule has 0 saturated carbocycles. The summed E-state index contributed by atoms with van der Waals surface area (Å²) >= 11 is 0. The van der Waals surface area contributed by atoms with Crippen LogP contribution in [0.4, 0.5) is 39.5 Å². The molecule has 0 unspecified atom stereocenters. The van der Waals surface area contributed by atoms with Gasteiger partial charge in [-0.25, -0.2) is 0 Å². The van der Waals surface area contributed by atoms with Crippen LogP contribution in [-0.4, -0.2) is 41.5 Å². The highest BCUT2D eigenvalue weighted by Gasteiger charge is 2.81. The zero-order valence-electron chi connectivity index (χ0n) is 11.6. The Hall–Kier alpha value is -1.88. The van der Waals surface area contributed by atoms with E-state index in [1.807, 2.05) is 0 Å². The van der Waals surface area contributed by atoms with Gasteiger partial charge in [-0.1, -0.05) is 0 Å². The highest BCUT2D eigenvalue weighted by molar-refractivity contribution is 5.72. The molecular formula is C12H10F9NO2. The molecular weight excluding hydrogens is 361 g/mol. The maximum atomic E-state index is 13.1. The predicted molar refractivity (Wildman–Crippen MR) is 61.0 cm³/mol. The van der Waals surface area contributed by atoms with Crippen LogP contribution in [0.2, 0.25) is 0 Å². The maximum absolute atomic E-state index is 13.1. The third-order valence-corrected chi connectivity index (χ3v) is 2.90. The van der Waals surface area contributed by atoms with Crippen LogP contribution in [-0.2, 0) is 16.0 Å². The topological polar surface area (TPSA) is 42.1 Å². The van der Waals surface area contributed by atoms with Crippen molar-refractivity contribution in [1.29, 1.82) is 0 Å². The number of hydrogen-bond acceptors (Lipinski definition) is 2. The van der Waals surface area contributed by atoms with Gasteiger partial charge in [0, 0.05) is 12.4 Å². The predicted octanol–water partition coefficient (Wildman–Crippen LogP) is 3.96. The number of carbonyl (C=O) groups excluding carboxylic acids is 1. The number of H-pyrrole nitrogens is 1. The number of nitrogens with one attached hydrogen (secondary N) is 1. The highest BCUT2D eigenvalue weighted by atomic mass is 19.4. The van der Waals surface area contributed by atoms with Crippen LogP contribution >= 0.6 is 0 Å². The van der Waals surface area contributed by atoms with Gasteiger partial charge in [0.2, 0.25) is 0 Å². The Morgan fingerprint density at radius 3 is 2.04 bits per heavy atom. The van der Waals surface area contributed by atoms with Gasteiger partial charge in [0.05, 0.1) is 19.4 Å². The van der Waals surface area contributed by atoms with Gasteiger partial charge in [-0.15, -0.1) is 0 Å². The number of halogens is 9. The fraction of sp³-hybridized carbons (Fsp3) is 0.583. The van der Waals surface area contributed by atoms with Crippen LogP contribution in [0.15, 0.2) is 18.5 Å². The van der Waals surface area contributed by atoms with Crippen molar-refractivity contribution in [3.8, 4) is 0 Å². The van der Waals surface area contributed by atoms with Crippen molar-refractivity contribution in [3.63, 3.8) is 0 Å². The highest BCUT2D eigenvalue weighted by Crippen LogP contribution is 2.53. The fourth-order valence-electron chi connectivity index (χ4n) is 1.54. The summed E-state index contributed by atoms with van der Waals surface area (Å²) in [5, 5.41) is 0. The first-order valence-electron chi connectivity index (χ1n) is 6.20. The van der Waals surface area contributed by atoms with E-state index in [2.05, 4.69) is 9.72 Å². The Balaban J connectivity index is 2.66. The van der Waals surface area contributed by atoms with Crippen molar-refractivity contribution in [2.45, 2.75) is 36.8 Å². The maximum Gasteiger partial charge on any atom is 0.460 e. The smallest absolute Gasteiger partial charge is 0.460 e. The molecule has 0 aliphatic rings. The Morgan fingerprint density at radius 2 is 1.58 bits per heavy atom. The van der Waals surface area contributed by atoms with Gasteiger partial charge in [0.25, 0.3) is 0 Å². The molecule has 1 heterocycles. The third-order valence-electron chi connectivity index (χ3n) is 2.90. The molecule has 0 saturated heterocycles. The summed E-state index contributed by atoms with van der Waals surface area (Å²) in [6.07, 6.45) is -6.75. The summed E-state index contributed by atoms with van der Waals surface area (Å²) in [6, 6.07) is 1.41. The van der Waals surface area contributed by atoms with Gasteiger partial charge < -0.3 is 9.72 Å². The van der Waals surface area contributed by atoms with Crippen LogP contribution in [0.3, 0.4) is 0 Å². The minimum absolute atomic E-state index is 0.362. The van der Waals surface area contributed by atoms with Crippen LogP contribution in [0.25, 0.3) is 0 Å². The second-order valence-electron chi connectivity index (χ2n) is 4.72. The van der Waals surface area contributed by atoms with E-state index in [4.69, 9.17) is 0 Å². The molecule has 0 amide bonds. The molecule has 0 aliphatic heterocycles. The lowest BCUT2D eigenvalue weighted by molar-refractivity contribution is -0.397. The van der Waals surface area contributed by atoms with E-state index in [-0.39, 0.29) is 0 Å². The largest absolute Gasteiger partial charge is 0.465 e. The molecule has 138 valence electrons. The summed E-state index contributed by atoms with van der Waals surface area (Å²) < 4.78 is 117. The average molecular weight is 371 g/mol. The van der Waals surface area contributed by atoms with E-state index in [9.17, 15) is 44.3 Å². The molecule has 3 nitrogen and oxygen atoms in total. The molecule has 1 aromatic rings. The summed E-state index contributed by atoms with van der Waals surface area (Å²) in [4.78, 5) is 13.8. The number of hydrogen-bond donors (Lipinski definition) is 1. The number of ether oxygens (including phenoxy) is 1. The SMILES string of the molecule is O=C(Cc1cc[nH]c1)OCCC(F)(F)C(F)(F)C(F)(F)C(F)(F)F. The Morgan fingerprint density at radius 1 is 1.00 bits per heavy atom. The average Bonchev–Trinajstić information content (AvgIpc) is 2.89. The first kappa shape index (κ1) is 20.2. The molecule has 24 heavy (non-hydrogen) atoms. The lowest BCUT2D eigenvalue weighted by Crippen LogP contribution is -2.61. The summed E-state index contributed by atoms with van der Waals surface area (Å²) in [5.41, 5.74) is 0.362. The second-order valence-corrected chi connectivity index (χ2v) is 4.72. The zero-order chi connectivity index (χ0) is 18.8. The van der Waals surface area contributed by atoms with Gasteiger partial charge in [-0.05, 0) is 11.6 Å². The van der Waals surface area contributed by atoms with E-state index < -0.39 is 49.4 Å². The van der Waals surface area contributed by atoms with Crippen molar-refractivity contribution in [1.82, 2.24) is 4.98 Å².